The molecule has 1 N–H and O–H groups in total. The number of nitrogens with zero attached hydrogens (tertiary/aromatic N) is 1. The van der Waals surface area contributed by atoms with Crippen LogP contribution in [0.25, 0.3) is 0 Å². The molecule has 1 unspecified atom stereocenters. The second kappa shape index (κ2) is 9.45. The summed E-state index contributed by atoms with van der Waals surface area (Å²) in [7, 11) is 1.62. The minimum absolute atomic E-state index is 0.126. The molecule has 6 nitrogen and oxygen atoms in total. The molecule has 1 heterocycles. The minimum atomic E-state index is -0.567. The molecule has 2 aromatic carbocycles. The summed E-state index contributed by atoms with van der Waals surface area (Å²) < 4.78 is 10.6. The number of hydrogen-bond acceptors (Lipinski definition) is 5. The summed E-state index contributed by atoms with van der Waals surface area (Å²) in [6.07, 6.45) is 0.144. The van der Waals surface area contributed by atoms with Crippen LogP contribution in [0.5, 0.6) is 5.75 Å². The number of nitrogens with one attached hydrogen (secondary N) is 1. The molecular weight excluding hydrogens is 368 g/mol. The Balaban J connectivity index is 1.72. The molecule has 0 spiro atoms. The predicted octanol–water partition coefficient (Wildman–Crippen LogP) is 3.90. The number of imide groups is 1. The van der Waals surface area contributed by atoms with Gasteiger partial charge in [0.25, 0.3) is 0 Å². The number of carbonyl (C=O) groups excluding carboxylic acids is 2. The Labute approximate surface area is 171 Å². The van der Waals surface area contributed by atoms with Crippen molar-refractivity contribution in [1.82, 2.24) is 4.90 Å². The summed E-state index contributed by atoms with van der Waals surface area (Å²) in [6, 6.07) is 15.1. The second-order valence-electron chi connectivity index (χ2n) is 7.67. The number of cyclic esters (lactones) is 1. The normalized spacial score (nSPS) is 16.1. The number of amides is 2. The van der Waals surface area contributed by atoms with Gasteiger partial charge in [-0.3, -0.25) is 4.79 Å². The van der Waals surface area contributed by atoms with Gasteiger partial charge >= 0.3 is 6.09 Å². The highest BCUT2D eigenvalue weighted by Crippen LogP contribution is 2.27. The third kappa shape index (κ3) is 5.28. The Bertz CT molecular complexity index is 851. The molecule has 0 bridgehead atoms. The number of hydrogen-bond donors (Lipinski definition) is 1. The first kappa shape index (κ1) is 20.7. The monoisotopic (exact) mass is 396 g/mol. The van der Waals surface area contributed by atoms with Crippen LogP contribution in [0.15, 0.2) is 48.5 Å². The van der Waals surface area contributed by atoms with Crippen molar-refractivity contribution in [2.45, 2.75) is 32.7 Å². The Hall–Kier alpha value is -3.02. The molecule has 154 valence electrons. The van der Waals surface area contributed by atoms with Crippen LogP contribution in [0.1, 0.15) is 25.0 Å². The molecule has 1 atom stereocenters. The maximum Gasteiger partial charge on any atom is 0.416 e. The zero-order chi connectivity index (χ0) is 20.8. The van der Waals surface area contributed by atoms with E-state index in [0.29, 0.717) is 12.3 Å². The van der Waals surface area contributed by atoms with E-state index in [1.165, 1.54) is 4.90 Å². The van der Waals surface area contributed by atoms with Crippen LogP contribution in [0.3, 0.4) is 0 Å². The van der Waals surface area contributed by atoms with Crippen LogP contribution in [0.4, 0.5) is 10.5 Å². The second-order valence-corrected chi connectivity index (χ2v) is 7.67. The SMILES string of the molecule is COc1ccc(CC(=O)N2C(=O)OCC2Cc2ccccc2)cc1NCC(C)C. The highest BCUT2D eigenvalue weighted by molar-refractivity contribution is 5.94. The van der Waals surface area contributed by atoms with Crippen molar-refractivity contribution in [2.24, 2.45) is 5.92 Å². The molecular formula is C23H28N2O4. The molecule has 1 saturated heterocycles. The number of methoxy groups -OCH3 is 1. The molecule has 0 aliphatic carbocycles. The number of anilines is 1. The Kier molecular flexibility index (Phi) is 6.75. The molecule has 0 radical (unpaired) electrons. The molecule has 0 aromatic heterocycles. The number of ether oxygens (including phenoxy) is 2. The van der Waals surface area contributed by atoms with Crippen LogP contribution in [-0.2, 0) is 22.4 Å². The fourth-order valence-electron chi connectivity index (χ4n) is 3.38. The van der Waals surface area contributed by atoms with E-state index in [4.69, 9.17) is 9.47 Å². The average Bonchev–Trinajstić information content (AvgIpc) is 3.07. The molecule has 1 fully saturated rings. The summed E-state index contributed by atoms with van der Waals surface area (Å²) in [5.74, 6) is 0.945. The van der Waals surface area contributed by atoms with Gasteiger partial charge in [0.05, 0.1) is 25.3 Å². The van der Waals surface area contributed by atoms with Crippen LogP contribution >= 0.6 is 0 Å². The average molecular weight is 396 g/mol. The Morgan fingerprint density at radius 1 is 1.21 bits per heavy atom. The van der Waals surface area contributed by atoms with Gasteiger partial charge in [-0.25, -0.2) is 9.69 Å². The van der Waals surface area contributed by atoms with Crippen LogP contribution in [-0.4, -0.2) is 43.2 Å². The number of rotatable bonds is 8. The fourth-order valence-corrected chi connectivity index (χ4v) is 3.38. The quantitative estimate of drug-likeness (QED) is 0.733. The highest BCUT2D eigenvalue weighted by atomic mass is 16.6. The van der Waals surface area contributed by atoms with E-state index in [2.05, 4.69) is 19.2 Å². The molecule has 2 aromatic rings. The predicted molar refractivity (Wildman–Crippen MR) is 112 cm³/mol. The summed E-state index contributed by atoms with van der Waals surface area (Å²) in [5, 5.41) is 3.36. The van der Waals surface area contributed by atoms with Gasteiger partial charge in [-0.2, -0.15) is 0 Å². The van der Waals surface area contributed by atoms with Gasteiger partial charge in [0, 0.05) is 6.54 Å². The summed E-state index contributed by atoms with van der Waals surface area (Å²) in [5.41, 5.74) is 2.73. The van der Waals surface area contributed by atoms with Crippen LogP contribution < -0.4 is 10.1 Å². The molecule has 29 heavy (non-hydrogen) atoms. The molecule has 3 rings (SSSR count). The molecule has 2 amide bonds. The largest absolute Gasteiger partial charge is 0.495 e. The lowest BCUT2D eigenvalue weighted by Crippen LogP contribution is -2.41. The molecule has 1 aliphatic rings. The van der Waals surface area contributed by atoms with Crippen molar-refractivity contribution in [1.29, 1.82) is 0 Å². The standard InChI is InChI=1S/C23H28N2O4/c1-16(2)14-24-20-12-18(9-10-21(20)28-3)13-22(26)25-19(15-29-23(25)27)11-17-7-5-4-6-8-17/h4-10,12,16,19,24H,11,13-15H2,1-3H3. The van der Waals surface area contributed by atoms with E-state index in [1.54, 1.807) is 7.11 Å². The third-order valence-electron chi connectivity index (χ3n) is 4.86. The van der Waals surface area contributed by atoms with Crippen molar-refractivity contribution in [2.75, 3.05) is 25.6 Å². The topological polar surface area (TPSA) is 67.9 Å². The first-order chi connectivity index (χ1) is 14.0. The maximum atomic E-state index is 12.9. The highest BCUT2D eigenvalue weighted by Gasteiger charge is 2.37. The van der Waals surface area contributed by atoms with Gasteiger partial charge in [0.15, 0.2) is 0 Å². The third-order valence-corrected chi connectivity index (χ3v) is 4.86. The Morgan fingerprint density at radius 3 is 2.66 bits per heavy atom. The van der Waals surface area contributed by atoms with E-state index < -0.39 is 6.09 Å². The smallest absolute Gasteiger partial charge is 0.416 e. The fraction of sp³-hybridized carbons (Fsp3) is 0.391. The van der Waals surface area contributed by atoms with E-state index in [0.717, 1.165) is 29.1 Å². The first-order valence-corrected chi connectivity index (χ1v) is 9.91. The lowest BCUT2D eigenvalue weighted by Gasteiger charge is -2.20. The van der Waals surface area contributed by atoms with Gasteiger partial charge in [-0.05, 0) is 35.6 Å². The van der Waals surface area contributed by atoms with Crippen molar-refractivity contribution in [3.05, 3.63) is 59.7 Å². The van der Waals surface area contributed by atoms with E-state index in [9.17, 15) is 9.59 Å². The van der Waals surface area contributed by atoms with Crippen molar-refractivity contribution in [3.8, 4) is 5.75 Å². The number of benzene rings is 2. The summed E-state index contributed by atoms with van der Waals surface area (Å²) in [4.78, 5) is 26.4. The van der Waals surface area contributed by atoms with Crippen molar-refractivity contribution >= 4 is 17.7 Å². The van der Waals surface area contributed by atoms with Gasteiger partial charge in [0.1, 0.15) is 12.4 Å². The van der Waals surface area contributed by atoms with E-state index >= 15 is 0 Å². The van der Waals surface area contributed by atoms with Gasteiger partial charge in [0.2, 0.25) is 5.91 Å². The van der Waals surface area contributed by atoms with Crippen LogP contribution in [0, 0.1) is 5.92 Å². The zero-order valence-corrected chi connectivity index (χ0v) is 17.2. The Morgan fingerprint density at radius 2 is 1.97 bits per heavy atom. The maximum absolute atomic E-state index is 12.9. The molecule has 1 aliphatic heterocycles. The van der Waals surface area contributed by atoms with Crippen molar-refractivity contribution in [3.63, 3.8) is 0 Å². The zero-order valence-electron chi connectivity index (χ0n) is 17.2. The molecule has 6 heteroatoms. The van der Waals surface area contributed by atoms with Gasteiger partial charge in [-0.1, -0.05) is 50.2 Å². The lowest BCUT2D eigenvalue weighted by atomic mass is 10.0. The summed E-state index contributed by atoms with van der Waals surface area (Å²) >= 11 is 0. The van der Waals surface area contributed by atoms with Gasteiger partial charge < -0.3 is 14.8 Å². The molecule has 0 saturated carbocycles. The first-order valence-electron chi connectivity index (χ1n) is 9.91. The number of carbonyl (C=O) groups is 2. The van der Waals surface area contributed by atoms with E-state index in [1.807, 2.05) is 48.5 Å². The summed E-state index contributed by atoms with van der Waals surface area (Å²) in [6.45, 7) is 5.27. The van der Waals surface area contributed by atoms with Gasteiger partial charge in [-0.15, -0.1) is 0 Å². The minimum Gasteiger partial charge on any atom is -0.495 e. The van der Waals surface area contributed by atoms with E-state index in [-0.39, 0.29) is 25.0 Å². The van der Waals surface area contributed by atoms with Crippen molar-refractivity contribution < 1.29 is 19.1 Å². The lowest BCUT2D eigenvalue weighted by molar-refractivity contribution is -0.128. The van der Waals surface area contributed by atoms with Crippen LogP contribution in [0.2, 0.25) is 0 Å².